The molecule has 0 saturated heterocycles. The van der Waals surface area contributed by atoms with Crippen LogP contribution in [0.15, 0.2) is 12.3 Å². The first-order valence-electron chi connectivity index (χ1n) is 4.69. The lowest BCUT2D eigenvalue weighted by Gasteiger charge is -2.18. The number of rotatable bonds is 6. The zero-order valence-electron chi connectivity index (χ0n) is 8.43. The molecule has 0 saturated carbocycles. The average Bonchev–Trinajstić information content (AvgIpc) is 2.52. The van der Waals surface area contributed by atoms with Gasteiger partial charge in [-0.25, -0.2) is 0 Å². The lowest BCUT2D eigenvalue weighted by atomic mass is 10.3. The van der Waals surface area contributed by atoms with E-state index in [1.807, 2.05) is 24.2 Å². The van der Waals surface area contributed by atoms with Crippen molar-refractivity contribution < 1.29 is 10.2 Å². The second-order valence-electron chi connectivity index (χ2n) is 3.20. The van der Waals surface area contributed by atoms with Crippen molar-refractivity contribution in [3.8, 4) is 0 Å². The predicted octanol–water partition coefficient (Wildman–Crippen LogP) is -0.793. The number of aromatic nitrogens is 2. The summed E-state index contributed by atoms with van der Waals surface area (Å²) in [6, 6.07) is 1.93. The smallest absolute Gasteiger partial charge is 0.0764 e. The number of aliphatic hydroxyl groups excluding tert-OH is 2. The third-order valence-corrected chi connectivity index (χ3v) is 1.99. The maximum atomic E-state index is 8.80. The molecule has 80 valence electrons. The molecule has 0 fully saturated rings. The topological polar surface area (TPSA) is 61.5 Å². The fraction of sp³-hybridized carbons (Fsp3) is 0.667. The summed E-state index contributed by atoms with van der Waals surface area (Å²) < 4.78 is 1.74. The van der Waals surface area contributed by atoms with E-state index in [0.717, 1.165) is 5.69 Å². The number of hydrogen-bond donors (Lipinski definition) is 2. The van der Waals surface area contributed by atoms with Gasteiger partial charge in [-0.1, -0.05) is 0 Å². The van der Waals surface area contributed by atoms with Gasteiger partial charge in [0, 0.05) is 32.9 Å². The summed E-state index contributed by atoms with van der Waals surface area (Å²) in [5.41, 5.74) is 0.953. The van der Waals surface area contributed by atoms with E-state index in [0.29, 0.717) is 19.6 Å². The standard InChI is InChI=1S/C9H17N3O2/c1-11-3-2-9(10-11)8-12(4-6-13)5-7-14/h2-3,13-14H,4-8H2,1H3. The van der Waals surface area contributed by atoms with Crippen molar-refractivity contribution in [2.45, 2.75) is 6.54 Å². The van der Waals surface area contributed by atoms with Gasteiger partial charge in [-0.3, -0.25) is 9.58 Å². The highest BCUT2D eigenvalue weighted by Gasteiger charge is 2.06. The van der Waals surface area contributed by atoms with Crippen molar-refractivity contribution in [1.29, 1.82) is 0 Å². The van der Waals surface area contributed by atoms with E-state index in [-0.39, 0.29) is 13.2 Å². The van der Waals surface area contributed by atoms with Crippen LogP contribution in [0.2, 0.25) is 0 Å². The molecule has 5 heteroatoms. The van der Waals surface area contributed by atoms with Crippen LogP contribution in [-0.4, -0.2) is 51.2 Å². The minimum absolute atomic E-state index is 0.104. The molecule has 1 aromatic rings. The molecule has 0 aliphatic carbocycles. The second kappa shape index (κ2) is 5.74. The molecule has 2 N–H and O–H groups in total. The highest BCUT2D eigenvalue weighted by atomic mass is 16.3. The van der Waals surface area contributed by atoms with E-state index in [4.69, 9.17) is 10.2 Å². The number of aliphatic hydroxyl groups is 2. The highest BCUT2D eigenvalue weighted by Crippen LogP contribution is 2.00. The SMILES string of the molecule is Cn1ccc(CN(CCO)CCO)n1. The van der Waals surface area contributed by atoms with Gasteiger partial charge in [0.15, 0.2) is 0 Å². The van der Waals surface area contributed by atoms with Gasteiger partial charge in [0.1, 0.15) is 0 Å². The van der Waals surface area contributed by atoms with Crippen LogP contribution in [0.1, 0.15) is 5.69 Å². The minimum Gasteiger partial charge on any atom is -0.395 e. The van der Waals surface area contributed by atoms with Gasteiger partial charge in [-0.05, 0) is 6.07 Å². The molecular weight excluding hydrogens is 182 g/mol. The fourth-order valence-corrected chi connectivity index (χ4v) is 1.33. The Labute approximate surface area is 83.6 Å². The van der Waals surface area contributed by atoms with Crippen LogP contribution < -0.4 is 0 Å². The van der Waals surface area contributed by atoms with Gasteiger partial charge in [-0.2, -0.15) is 5.10 Å². The normalized spacial score (nSPS) is 11.1. The first-order valence-corrected chi connectivity index (χ1v) is 4.69. The summed E-state index contributed by atoms with van der Waals surface area (Å²) in [6.07, 6.45) is 1.88. The lowest BCUT2D eigenvalue weighted by molar-refractivity contribution is 0.154. The number of nitrogens with zero attached hydrogens (tertiary/aromatic N) is 3. The first kappa shape index (κ1) is 11.2. The minimum atomic E-state index is 0.104. The van der Waals surface area contributed by atoms with Crippen LogP contribution in [0.25, 0.3) is 0 Å². The van der Waals surface area contributed by atoms with E-state index in [9.17, 15) is 0 Å². The Bertz CT molecular complexity index is 256. The molecule has 0 unspecified atom stereocenters. The van der Waals surface area contributed by atoms with Gasteiger partial charge in [0.05, 0.1) is 18.9 Å². The van der Waals surface area contributed by atoms with Crippen LogP contribution in [0, 0.1) is 0 Å². The summed E-state index contributed by atoms with van der Waals surface area (Å²) in [5.74, 6) is 0. The van der Waals surface area contributed by atoms with E-state index in [1.54, 1.807) is 4.68 Å². The van der Waals surface area contributed by atoms with Crippen molar-refractivity contribution in [3.63, 3.8) is 0 Å². The molecule has 14 heavy (non-hydrogen) atoms. The highest BCUT2D eigenvalue weighted by molar-refractivity contribution is 4.98. The van der Waals surface area contributed by atoms with Crippen molar-refractivity contribution in [3.05, 3.63) is 18.0 Å². The Kier molecular flexibility index (Phi) is 4.58. The van der Waals surface area contributed by atoms with E-state index < -0.39 is 0 Å². The van der Waals surface area contributed by atoms with Crippen LogP contribution in [0.5, 0.6) is 0 Å². The summed E-state index contributed by atoms with van der Waals surface area (Å²) >= 11 is 0. The second-order valence-corrected chi connectivity index (χ2v) is 3.20. The Hall–Kier alpha value is -0.910. The maximum Gasteiger partial charge on any atom is 0.0764 e. The number of aryl methyl sites for hydroxylation is 1. The van der Waals surface area contributed by atoms with Crippen LogP contribution in [0.4, 0.5) is 0 Å². The molecule has 0 aliphatic heterocycles. The molecule has 0 atom stereocenters. The molecule has 5 nitrogen and oxygen atoms in total. The van der Waals surface area contributed by atoms with E-state index >= 15 is 0 Å². The van der Waals surface area contributed by atoms with E-state index in [1.165, 1.54) is 0 Å². The molecule has 0 spiro atoms. The largest absolute Gasteiger partial charge is 0.395 e. The summed E-state index contributed by atoms with van der Waals surface area (Å²) in [6.45, 7) is 2.01. The Morgan fingerprint density at radius 3 is 2.43 bits per heavy atom. The van der Waals surface area contributed by atoms with Crippen LogP contribution in [0.3, 0.4) is 0 Å². The molecule has 1 rings (SSSR count). The third kappa shape index (κ3) is 3.45. The monoisotopic (exact) mass is 199 g/mol. The Morgan fingerprint density at radius 2 is 2.00 bits per heavy atom. The van der Waals surface area contributed by atoms with Gasteiger partial charge in [0.25, 0.3) is 0 Å². The Morgan fingerprint density at radius 1 is 1.36 bits per heavy atom. The average molecular weight is 199 g/mol. The zero-order chi connectivity index (χ0) is 10.4. The quantitative estimate of drug-likeness (QED) is 0.630. The summed E-state index contributed by atoms with van der Waals surface area (Å²) in [7, 11) is 1.87. The molecule has 0 aliphatic rings. The van der Waals surface area contributed by atoms with Crippen molar-refractivity contribution >= 4 is 0 Å². The van der Waals surface area contributed by atoms with Crippen molar-refractivity contribution in [2.24, 2.45) is 7.05 Å². The zero-order valence-corrected chi connectivity index (χ0v) is 8.43. The van der Waals surface area contributed by atoms with Gasteiger partial charge < -0.3 is 10.2 Å². The Balaban J connectivity index is 2.46. The fourth-order valence-electron chi connectivity index (χ4n) is 1.33. The molecule has 0 amide bonds. The van der Waals surface area contributed by atoms with E-state index in [2.05, 4.69) is 5.10 Å². The molecule has 1 heterocycles. The first-order chi connectivity index (χ1) is 6.76. The molecular formula is C9H17N3O2. The molecule has 0 aromatic carbocycles. The molecule has 0 radical (unpaired) electrons. The third-order valence-electron chi connectivity index (χ3n) is 1.99. The maximum absolute atomic E-state index is 8.80. The van der Waals surface area contributed by atoms with Gasteiger partial charge in [0.2, 0.25) is 0 Å². The lowest BCUT2D eigenvalue weighted by Crippen LogP contribution is -2.29. The number of hydrogen-bond acceptors (Lipinski definition) is 4. The van der Waals surface area contributed by atoms with Crippen molar-refractivity contribution in [1.82, 2.24) is 14.7 Å². The molecule has 1 aromatic heterocycles. The summed E-state index contributed by atoms with van der Waals surface area (Å²) in [5, 5.41) is 21.8. The van der Waals surface area contributed by atoms with Crippen molar-refractivity contribution in [2.75, 3.05) is 26.3 Å². The molecule has 0 bridgehead atoms. The van der Waals surface area contributed by atoms with Crippen LogP contribution in [-0.2, 0) is 13.6 Å². The van der Waals surface area contributed by atoms with Gasteiger partial charge >= 0.3 is 0 Å². The summed E-state index contributed by atoms with van der Waals surface area (Å²) in [4.78, 5) is 1.96. The van der Waals surface area contributed by atoms with Crippen LogP contribution >= 0.6 is 0 Å². The van der Waals surface area contributed by atoms with Gasteiger partial charge in [-0.15, -0.1) is 0 Å². The predicted molar refractivity (Wildman–Crippen MR) is 52.7 cm³/mol.